The summed E-state index contributed by atoms with van der Waals surface area (Å²) in [5, 5.41) is 0. The number of carbonyl (C=O) groups excluding carboxylic acids is 1. The Hall–Kier alpha value is -3.76. The molecule has 2 fully saturated rings. The molecule has 230 valence electrons. The minimum Gasteiger partial charge on any atom is -0.488 e. The Morgan fingerprint density at radius 1 is 0.977 bits per heavy atom. The van der Waals surface area contributed by atoms with Gasteiger partial charge in [-0.1, -0.05) is 24.3 Å². The highest BCUT2D eigenvalue weighted by atomic mass is 16.7. The topological polar surface area (TPSA) is 95.1 Å². The fraction of sp³-hybridized carbons (Fsp3) is 0.471. The summed E-state index contributed by atoms with van der Waals surface area (Å²) >= 11 is 0. The second-order valence-electron chi connectivity index (χ2n) is 14.1. The van der Waals surface area contributed by atoms with E-state index in [9.17, 15) is 4.79 Å². The number of amides is 1. The van der Waals surface area contributed by atoms with Gasteiger partial charge in [0.25, 0.3) is 0 Å². The number of benzene rings is 2. The smallest absolute Gasteiger partial charge is 0.488 e. The lowest BCUT2D eigenvalue weighted by Crippen LogP contribution is -2.41. The highest BCUT2D eigenvalue weighted by molar-refractivity contribution is 6.62. The fourth-order valence-corrected chi connectivity index (χ4v) is 6.29. The highest BCUT2D eigenvalue weighted by Crippen LogP contribution is 2.45. The zero-order valence-electron chi connectivity index (χ0n) is 26.6. The first-order valence-corrected chi connectivity index (χ1v) is 15.5. The minimum atomic E-state index is -0.542. The van der Waals surface area contributed by atoms with Crippen molar-refractivity contribution < 1.29 is 28.3 Å². The maximum atomic E-state index is 12.8. The average Bonchev–Trinajstić information content (AvgIpc) is 3.69. The van der Waals surface area contributed by atoms with Crippen LogP contribution in [0.4, 0.5) is 4.79 Å². The van der Waals surface area contributed by atoms with Crippen molar-refractivity contribution in [2.75, 3.05) is 19.8 Å². The van der Waals surface area contributed by atoms with Crippen LogP contribution in [-0.4, -0.2) is 64.6 Å². The van der Waals surface area contributed by atoms with Crippen LogP contribution in [-0.2, 0) is 14.0 Å². The Kier molecular flexibility index (Phi) is 6.68. The third-order valence-corrected chi connectivity index (χ3v) is 9.37. The lowest BCUT2D eigenvalue weighted by Gasteiger charge is -2.32. The van der Waals surface area contributed by atoms with Gasteiger partial charge in [-0.2, -0.15) is 0 Å². The number of carbonyl (C=O) groups is 1. The summed E-state index contributed by atoms with van der Waals surface area (Å²) in [7, 11) is -0.442. The van der Waals surface area contributed by atoms with Gasteiger partial charge >= 0.3 is 13.2 Å². The van der Waals surface area contributed by atoms with E-state index < -0.39 is 23.9 Å². The lowest BCUT2D eigenvalue weighted by molar-refractivity contribution is 0.00578. The van der Waals surface area contributed by atoms with Gasteiger partial charge in [0.15, 0.2) is 0 Å². The van der Waals surface area contributed by atoms with Gasteiger partial charge in [0, 0.05) is 34.4 Å². The zero-order valence-corrected chi connectivity index (χ0v) is 26.6. The molecule has 0 aliphatic carbocycles. The predicted molar refractivity (Wildman–Crippen MR) is 169 cm³/mol. The van der Waals surface area contributed by atoms with E-state index in [1.54, 1.807) is 4.90 Å². The number of imidazole rings is 1. The van der Waals surface area contributed by atoms with Gasteiger partial charge in [-0.05, 0) is 78.9 Å². The number of aromatic amines is 1. The van der Waals surface area contributed by atoms with E-state index in [1.165, 1.54) is 0 Å². The van der Waals surface area contributed by atoms with E-state index in [0.29, 0.717) is 19.8 Å². The van der Waals surface area contributed by atoms with E-state index in [2.05, 4.69) is 61.9 Å². The van der Waals surface area contributed by atoms with E-state index in [-0.39, 0.29) is 12.1 Å². The van der Waals surface area contributed by atoms with E-state index >= 15 is 0 Å². The van der Waals surface area contributed by atoms with Crippen molar-refractivity contribution in [2.24, 2.45) is 0 Å². The van der Waals surface area contributed by atoms with Crippen LogP contribution in [0.15, 0.2) is 42.6 Å². The minimum absolute atomic E-state index is 0.134. The maximum absolute atomic E-state index is 12.8. The molecule has 4 aliphatic rings. The Labute approximate surface area is 259 Å². The van der Waals surface area contributed by atoms with Crippen LogP contribution in [0.5, 0.6) is 11.5 Å². The van der Waals surface area contributed by atoms with E-state index in [0.717, 1.165) is 69.2 Å². The number of nitrogens with one attached hydrogen (secondary N) is 1. The molecule has 5 heterocycles. The summed E-state index contributed by atoms with van der Waals surface area (Å²) in [6, 6.07) is 12.3. The van der Waals surface area contributed by atoms with Crippen LogP contribution in [0.3, 0.4) is 0 Å². The molecule has 10 heteroatoms. The second kappa shape index (κ2) is 10.1. The molecule has 0 radical (unpaired) electrons. The monoisotopic (exact) mass is 597 g/mol. The quantitative estimate of drug-likeness (QED) is 0.363. The fourth-order valence-electron chi connectivity index (χ4n) is 6.29. The molecule has 1 aromatic heterocycles. The van der Waals surface area contributed by atoms with Crippen LogP contribution in [0.25, 0.3) is 22.4 Å². The van der Waals surface area contributed by atoms with Gasteiger partial charge in [-0.25, -0.2) is 9.78 Å². The highest BCUT2D eigenvalue weighted by Gasteiger charge is 2.52. The molecule has 1 atom stereocenters. The first-order chi connectivity index (χ1) is 20.8. The Morgan fingerprint density at radius 2 is 1.61 bits per heavy atom. The Balaban J connectivity index is 1.11. The standard InChI is InChI=1S/C34H40BN3O6/c1-32(2,3)42-31(39)38-14-8-9-27(38)30-36-17-26(37-30)20-10-12-22-24-19-41-29-16-21(35-43-33(4,5)34(6,7)44-35)11-13-23(29)25(24)18-40-28(22)15-20/h10-13,15-17,27H,8-9,14,18-19H2,1-7H3,(H,36,37). The third-order valence-electron chi connectivity index (χ3n) is 9.37. The van der Waals surface area contributed by atoms with E-state index in [1.807, 2.05) is 39.1 Å². The number of hydrogen-bond acceptors (Lipinski definition) is 7. The van der Waals surface area contributed by atoms with Gasteiger partial charge in [0.2, 0.25) is 0 Å². The number of rotatable bonds is 3. The molecule has 2 aromatic carbocycles. The summed E-state index contributed by atoms with van der Waals surface area (Å²) in [4.78, 5) is 22.7. The predicted octanol–water partition coefficient (Wildman–Crippen LogP) is 6.14. The summed E-state index contributed by atoms with van der Waals surface area (Å²) in [6.07, 6.45) is 3.28. The first-order valence-electron chi connectivity index (χ1n) is 15.5. The SMILES string of the molecule is CC(C)(C)OC(=O)N1CCCC1c1ncc(-c2ccc3c(c2)OCC2=C3COc3cc(B4OC(C)(C)C(C)(C)O4)ccc32)[nH]1. The molecule has 1 N–H and O–H groups in total. The molecule has 1 unspecified atom stereocenters. The summed E-state index contributed by atoms with van der Waals surface area (Å²) in [6.45, 7) is 15.5. The summed E-state index contributed by atoms with van der Waals surface area (Å²) in [5.41, 5.74) is 5.78. The van der Waals surface area contributed by atoms with Crippen molar-refractivity contribution in [3.8, 4) is 22.8 Å². The molecule has 3 aromatic rings. The molecule has 2 saturated heterocycles. The van der Waals surface area contributed by atoms with Gasteiger partial charge in [-0.3, -0.25) is 4.90 Å². The van der Waals surface area contributed by atoms with Crippen LogP contribution in [0.1, 0.15) is 84.3 Å². The van der Waals surface area contributed by atoms with Crippen molar-refractivity contribution in [2.45, 2.75) is 84.2 Å². The molecule has 9 nitrogen and oxygen atoms in total. The van der Waals surface area contributed by atoms with Gasteiger partial charge in [0.1, 0.15) is 36.1 Å². The summed E-state index contributed by atoms with van der Waals surface area (Å²) in [5.74, 6) is 2.40. The van der Waals surface area contributed by atoms with Crippen molar-refractivity contribution in [1.82, 2.24) is 14.9 Å². The van der Waals surface area contributed by atoms with E-state index in [4.69, 9.17) is 23.5 Å². The molecule has 1 amide bonds. The van der Waals surface area contributed by atoms with Crippen molar-refractivity contribution in [1.29, 1.82) is 0 Å². The van der Waals surface area contributed by atoms with Crippen LogP contribution < -0.4 is 14.9 Å². The zero-order chi connectivity index (χ0) is 31.0. The summed E-state index contributed by atoms with van der Waals surface area (Å²) < 4.78 is 30.8. The molecule has 0 spiro atoms. The normalized spacial score (nSPS) is 21.8. The second-order valence-corrected chi connectivity index (χ2v) is 14.1. The van der Waals surface area contributed by atoms with Crippen LogP contribution in [0.2, 0.25) is 0 Å². The number of hydrogen-bond donors (Lipinski definition) is 1. The Bertz CT molecular complexity index is 1650. The van der Waals surface area contributed by atoms with Crippen molar-refractivity contribution in [3.05, 3.63) is 59.5 Å². The molecule has 44 heavy (non-hydrogen) atoms. The van der Waals surface area contributed by atoms with Crippen LogP contribution in [0, 0.1) is 0 Å². The number of likely N-dealkylation sites (tertiary alicyclic amines) is 1. The molecular formula is C34H40BN3O6. The molecule has 4 aliphatic heterocycles. The number of fused-ring (bicyclic) bond motifs is 4. The average molecular weight is 598 g/mol. The molecule has 7 rings (SSSR count). The molecular weight excluding hydrogens is 557 g/mol. The first kappa shape index (κ1) is 29.0. The van der Waals surface area contributed by atoms with Gasteiger partial charge in [0.05, 0.1) is 29.1 Å². The number of aromatic nitrogens is 2. The van der Waals surface area contributed by atoms with Gasteiger partial charge < -0.3 is 28.5 Å². The maximum Gasteiger partial charge on any atom is 0.494 e. The van der Waals surface area contributed by atoms with Crippen molar-refractivity contribution >= 4 is 29.8 Å². The largest absolute Gasteiger partial charge is 0.494 e. The number of nitrogens with zero attached hydrogens (tertiary/aromatic N) is 2. The molecule has 0 saturated carbocycles. The molecule has 0 bridgehead atoms. The Morgan fingerprint density at radius 3 is 2.27 bits per heavy atom. The number of H-pyrrole nitrogens is 1. The number of ether oxygens (including phenoxy) is 3. The van der Waals surface area contributed by atoms with Crippen LogP contribution >= 0.6 is 0 Å². The lowest BCUT2D eigenvalue weighted by atomic mass is 9.77. The van der Waals surface area contributed by atoms with Gasteiger partial charge in [-0.15, -0.1) is 0 Å². The van der Waals surface area contributed by atoms with Crippen molar-refractivity contribution in [3.63, 3.8) is 0 Å². The third kappa shape index (κ3) is 4.98.